The average Bonchev–Trinajstić information content (AvgIpc) is 2.84. The van der Waals surface area contributed by atoms with Crippen LogP contribution in [-0.2, 0) is 30.8 Å². The molecule has 0 fully saturated rings. The average molecular weight is 489 g/mol. The number of hydrogen-bond donors (Lipinski definition) is 0. The molecule has 0 atom stereocenters. The minimum Gasteiger partial charge on any atom is -0.462 e. The third-order valence-electron chi connectivity index (χ3n) is 6.14. The van der Waals surface area contributed by atoms with Crippen LogP contribution in [0.2, 0.25) is 0 Å². The summed E-state index contributed by atoms with van der Waals surface area (Å²) in [4.78, 5) is 25.8. The highest BCUT2D eigenvalue weighted by Gasteiger charge is 2.24. The van der Waals surface area contributed by atoms with Crippen LogP contribution in [0, 0.1) is 0 Å². The van der Waals surface area contributed by atoms with E-state index >= 15 is 0 Å². The third-order valence-corrected chi connectivity index (χ3v) is 7.64. The van der Waals surface area contributed by atoms with Gasteiger partial charge in [0.2, 0.25) is 0 Å². The molecule has 1 aliphatic heterocycles. The number of cyclic esters (lactones) is 2. The number of ether oxygens (including phenoxy) is 2. The van der Waals surface area contributed by atoms with Gasteiger partial charge >= 0.3 is 11.9 Å². The first-order valence-corrected chi connectivity index (χ1v) is 13.3. The SMILES string of the molecule is O=C1OCCCCOC(=O)c2cc3ccccc3cc2CS(=O)(=O)Cc2cc3ccccc3cc21. The lowest BCUT2D eigenvalue weighted by Gasteiger charge is -2.14. The van der Waals surface area contributed by atoms with Gasteiger partial charge in [-0.05, 0) is 69.8 Å². The Balaban J connectivity index is 1.62. The quantitative estimate of drug-likeness (QED) is 0.316. The first-order chi connectivity index (χ1) is 16.9. The van der Waals surface area contributed by atoms with Crippen LogP contribution in [0.15, 0.2) is 72.8 Å². The van der Waals surface area contributed by atoms with Gasteiger partial charge in [-0.2, -0.15) is 0 Å². The lowest BCUT2D eigenvalue weighted by molar-refractivity contribution is 0.0431. The number of carbonyl (C=O) groups excluding carboxylic acids is 2. The maximum Gasteiger partial charge on any atom is 0.338 e. The first-order valence-electron chi connectivity index (χ1n) is 11.5. The summed E-state index contributed by atoms with van der Waals surface area (Å²) >= 11 is 0. The predicted octanol–water partition coefficient (Wildman–Crippen LogP) is 5.22. The van der Waals surface area contributed by atoms with Gasteiger partial charge in [-0.15, -0.1) is 0 Å². The summed E-state index contributed by atoms with van der Waals surface area (Å²) in [5.41, 5.74) is 1.25. The minimum absolute atomic E-state index is 0.149. The van der Waals surface area contributed by atoms with Crippen LogP contribution >= 0.6 is 0 Å². The number of esters is 2. The van der Waals surface area contributed by atoms with Gasteiger partial charge in [-0.3, -0.25) is 0 Å². The second-order valence-corrected chi connectivity index (χ2v) is 10.8. The molecule has 0 unspecified atom stereocenters. The van der Waals surface area contributed by atoms with E-state index in [2.05, 4.69) is 0 Å². The van der Waals surface area contributed by atoms with Gasteiger partial charge in [0.15, 0.2) is 9.84 Å². The van der Waals surface area contributed by atoms with Crippen molar-refractivity contribution in [3.8, 4) is 0 Å². The summed E-state index contributed by atoms with van der Waals surface area (Å²) in [6.45, 7) is 0.299. The molecule has 0 radical (unpaired) electrons. The zero-order valence-corrected chi connectivity index (χ0v) is 19.8. The van der Waals surface area contributed by atoms with E-state index in [1.807, 2.05) is 48.5 Å². The summed E-state index contributed by atoms with van der Waals surface area (Å²) < 4.78 is 37.7. The normalized spacial score (nSPS) is 16.9. The molecular weight excluding hydrogens is 464 g/mol. The van der Waals surface area contributed by atoms with Gasteiger partial charge < -0.3 is 9.47 Å². The Bertz CT molecular complexity index is 1440. The molecule has 1 aliphatic rings. The van der Waals surface area contributed by atoms with Crippen molar-refractivity contribution in [2.45, 2.75) is 24.3 Å². The summed E-state index contributed by atoms with van der Waals surface area (Å²) in [5.74, 6) is -1.83. The third kappa shape index (κ3) is 5.05. The van der Waals surface area contributed by atoms with Crippen molar-refractivity contribution in [1.29, 1.82) is 0 Å². The molecule has 4 aromatic rings. The summed E-state index contributed by atoms with van der Waals surface area (Å²) in [6.07, 6.45) is 1.04. The zero-order chi connectivity index (χ0) is 24.4. The Morgan fingerprint density at radius 2 is 0.943 bits per heavy atom. The van der Waals surface area contributed by atoms with Crippen LogP contribution in [0.3, 0.4) is 0 Å². The molecule has 6 nitrogen and oxygen atoms in total. The fourth-order valence-corrected chi connectivity index (χ4v) is 5.94. The van der Waals surface area contributed by atoms with Gasteiger partial charge in [0, 0.05) is 0 Å². The van der Waals surface area contributed by atoms with E-state index in [1.165, 1.54) is 0 Å². The van der Waals surface area contributed by atoms with Crippen molar-refractivity contribution >= 4 is 43.3 Å². The van der Waals surface area contributed by atoms with Crippen LogP contribution in [0.4, 0.5) is 0 Å². The highest BCUT2D eigenvalue weighted by molar-refractivity contribution is 7.89. The maximum absolute atomic E-state index is 13.4. The zero-order valence-electron chi connectivity index (χ0n) is 19.0. The molecular formula is C28H24O6S. The van der Waals surface area contributed by atoms with E-state index in [0.29, 0.717) is 24.0 Å². The van der Waals surface area contributed by atoms with Gasteiger partial charge in [0.05, 0.1) is 35.8 Å². The van der Waals surface area contributed by atoms with Crippen molar-refractivity contribution in [1.82, 2.24) is 0 Å². The molecule has 35 heavy (non-hydrogen) atoms. The van der Waals surface area contributed by atoms with Crippen LogP contribution in [0.1, 0.15) is 44.7 Å². The molecule has 4 aromatic carbocycles. The van der Waals surface area contributed by atoms with Crippen LogP contribution in [0.25, 0.3) is 21.5 Å². The lowest BCUT2D eigenvalue weighted by Crippen LogP contribution is -2.15. The van der Waals surface area contributed by atoms with Crippen molar-refractivity contribution < 1.29 is 27.5 Å². The summed E-state index contributed by atoms with van der Waals surface area (Å²) in [7, 11) is -3.77. The molecule has 0 aromatic heterocycles. The number of hydrogen-bond acceptors (Lipinski definition) is 6. The molecule has 0 aliphatic carbocycles. The number of fused-ring (bicyclic) bond motifs is 4. The Kier molecular flexibility index (Phi) is 6.26. The fourth-order valence-electron chi connectivity index (χ4n) is 4.41. The van der Waals surface area contributed by atoms with E-state index in [1.54, 1.807) is 24.3 Å². The second kappa shape index (κ2) is 9.50. The van der Waals surface area contributed by atoms with E-state index < -0.39 is 21.8 Å². The number of benzene rings is 4. The number of rotatable bonds is 0. The Labute approximate surface area is 203 Å². The number of sulfone groups is 1. The molecule has 178 valence electrons. The van der Waals surface area contributed by atoms with E-state index in [0.717, 1.165) is 21.5 Å². The van der Waals surface area contributed by atoms with Crippen LogP contribution < -0.4 is 0 Å². The molecule has 0 spiro atoms. The Morgan fingerprint density at radius 1 is 0.571 bits per heavy atom. The van der Waals surface area contributed by atoms with Gasteiger partial charge in [0.25, 0.3) is 0 Å². The molecule has 1 heterocycles. The minimum atomic E-state index is -3.77. The topological polar surface area (TPSA) is 86.7 Å². The highest BCUT2D eigenvalue weighted by Crippen LogP contribution is 2.27. The van der Waals surface area contributed by atoms with E-state index in [9.17, 15) is 18.0 Å². The highest BCUT2D eigenvalue weighted by atomic mass is 32.2. The standard InChI is InChI=1S/C28H24O6S/c29-27-25-15-21-9-3-1-7-19(21)13-23(25)17-35(31,32)18-24-14-20-8-2-4-10-22(20)16-26(24)28(30)34-12-6-5-11-33-27/h1-4,7-10,13-16H,5-6,11-12,17-18H2. The molecule has 0 bridgehead atoms. The summed E-state index contributed by atoms with van der Waals surface area (Å²) in [6, 6.07) is 21.8. The predicted molar refractivity (Wildman–Crippen MR) is 134 cm³/mol. The fraction of sp³-hybridized carbons (Fsp3) is 0.214. The molecule has 0 amide bonds. The second-order valence-electron chi connectivity index (χ2n) is 8.72. The number of carbonyl (C=O) groups is 2. The van der Waals surface area contributed by atoms with Crippen LogP contribution in [-0.4, -0.2) is 33.6 Å². The van der Waals surface area contributed by atoms with Gasteiger partial charge in [-0.25, -0.2) is 18.0 Å². The van der Waals surface area contributed by atoms with Gasteiger partial charge in [-0.1, -0.05) is 48.5 Å². The molecule has 7 heteroatoms. The van der Waals surface area contributed by atoms with Gasteiger partial charge in [0.1, 0.15) is 0 Å². The molecule has 5 rings (SSSR count). The lowest BCUT2D eigenvalue weighted by atomic mass is 10.0. The molecule has 0 N–H and O–H groups in total. The largest absolute Gasteiger partial charge is 0.462 e. The van der Waals surface area contributed by atoms with Crippen molar-refractivity contribution in [3.05, 3.63) is 95.1 Å². The van der Waals surface area contributed by atoms with Crippen LogP contribution in [0.5, 0.6) is 0 Å². The Hall–Kier alpha value is -3.71. The van der Waals surface area contributed by atoms with Crippen molar-refractivity contribution in [2.24, 2.45) is 0 Å². The smallest absolute Gasteiger partial charge is 0.338 e. The van der Waals surface area contributed by atoms with Crippen molar-refractivity contribution in [2.75, 3.05) is 13.2 Å². The maximum atomic E-state index is 13.4. The van der Waals surface area contributed by atoms with E-state index in [4.69, 9.17) is 9.47 Å². The molecule has 0 saturated heterocycles. The monoisotopic (exact) mass is 488 g/mol. The van der Waals surface area contributed by atoms with Crippen molar-refractivity contribution in [3.63, 3.8) is 0 Å². The first kappa shape index (κ1) is 23.1. The Morgan fingerprint density at radius 3 is 1.34 bits per heavy atom. The summed E-state index contributed by atoms with van der Waals surface area (Å²) in [5, 5.41) is 3.33. The molecule has 0 saturated carbocycles. The van der Waals surface area contributed by atoms with E-state index in [-0.39, 0.29) is 35.8 Å².